The SMILES string of the molecule is C=C(NCC(C)(C)CC(=O)O)c1cc(Cl)cc2c1OC(C)(C)C2. The minimum atomic E-state index is -0.809. The van der Waals surface area contributed by atoms with Gasteiger partial charge in [-0.25, -0.2) is 0 Å². The molecule has 0 spiro atoms. The average molecular weight is 338 g/mol. The topological polar surface area (TPSA) is 58.6 Å². The van der Waals surface area contributed by atoms with Gasteiger partial charge in [0.25, 0.3) is 0 Å². The molecule has 1 aromatic rings. The molecule has 1 aliphatic heterocycles. The van der Waals surface area contributed by atoms with Crippen molar-refractivity contribution in [3.05, 3.63) is 34.9 Å². The molecule has 0 aromatic heterocycles. The first-order valence-corrected chi connectivity index (χ1v) is 8.03. The lowest BCUT2D eigenvalue weighted by atomic mass is 9.89. The second kappa shape index (κ2) is 6.08. The second-order valence-corrected chi connectivity index (χ2v) is 7.98. The Morgan fingerprint density at radius 3 is 2.74 bits per heavy atom. The van der Waals surface area contributed by atoms with Crippen LogP contribution >= 0.6 is 11.6 Å². The standard InChI is InChI=1S/C18H24ClNO3/c1-11(20-10-17(2,3)9-15(21)22)14-7-13(19)6-12-8-18(4,5)23-16(12)14/h6-7,20H,1,8-10H2,2-5H3,(H,21,22). The molecule has 4 nitrogen and oxygen atoms in total. The normalized spacial score (nSPS) is 15.7. The van der Waals surface area contributed by atoms with Crippen LogP contribution in [0, 0.1) is 5.41 Å². The largest absolute Gasteiger partial charge is 0.487 e. The Bertz CT molecular complexity index is 650. The Balaban J connectivity index is 2.17. The number of fused-ring (bicyclic) bond motifs is 1. The van der Waals surface area contributed by atoms with Crippen molar-refractivity contribution in [3.8, 4) is 5.75 Å². The molecule has 5 heteroatoms. The summed E-state index contributed by atoms with van der Waals surface area (Å²) in [6.07, 6.45) is 0.887. The maximum Gasteiger partial charge on any atom is 0.303 e. The number of halogens is 1. The van der Waals surface area contributed by atoms with Gasteiger partial charge >= 0.3 is 5.97 Å². The van der Waals surface area contributed by atoms with Crippen molar-refractivity contribution in [2.45, 2.75) is 46.1 Å². The van der Waals surface area contributed by atoms with Gasteiger partial charge in [-0.3, -0.25) is 4.79 Å². The fraction of sp³-hybridized carbons (Fsp3) is 0.500. The highest BCUT2D eigenvalue weighted by atomic mass is 35.5. The van der Waals surface area contributed by atoms with E-state index in [0.717, 1.165) is 23.3 Å². The molecule has 0 amide bonds. The zero-order valence-electron chi connectivity index (χ0n) is 14.1. The number of benzene rings is 1. The van der Waals surface area contributed by atoms with Crippen LogP contribution in [0.4, 0.5) is 0 Å². The molecular weight excluding hydrogens is 314 g/mol. The van der Waals surface area contributed by atoms with Crippen LogP contribution in [-0.2, 0) is 11.2 Å². The predicted octanol–water partition coefficient (Wildman–Crippen LogP) is 4.11. The van der Waals surface area contributed by atoms with Gasteiger partial charge in [0.05, 0.1) is 6.42 Å². The monoisotopic (exact) mass is 337 g/mol. The van der Waals surface area contributed by atoms with Crippen LogP contribution in [-0.4, -0.2) is 23.2 Å². The minimum Gasteiger partial charge on any atom is -0.487 e. The highest BCUT2D eigenvalue weighted by molar-refractivity contribution is 6.31. The summed E-state index contributed by atoms with van der Waals surface area (Å²) < 4.78 is 6.04. The lowest BCUT2D eigenvalue weighted by Crippen LogP contribution is -2.30. The Morgan fingerprint density at radius 1 is 1.48 bits per heavy atom. The zero-order chi connectivity index (χ0) is 17.4. The first-order chi connectivity index (χ1) is 10.5. The van der Waals surface area contributed by atoms with E-state index in [1.165, 1.54) is 0 Å². The van der Waals surface area contributed by atoms with Crippen molar-refractivity contribution in [2.75, 3.05) is 6.54 Å². The molecule has 0 aliphatic carbocycles. The summed E-state index contributed by atoms with van der Waals surface area (Å²) in [5.74, 6) is 0.00378. The maximum absolute atomic E-state index is 10.9. The maximum atomic E-state index is 10.9. The van der Waals surface area contributed by atoms with E-state index in [0.29, 0.717) is 17.3 Å². The van der Waals surface area contributed by atoms with E-state index in [1.807, 2.05) is 39.8 Å². The highest BCUT2D eigenvalue weighted by Gasteiger charge is 2.33. The van der Waals surface area contributed by atoms with E-state index >= 15 is 0 Å². The number of rotatable bonds is 6. The van der Waals surface area contributed by atoms with Crippen molar-refractivity contribution < 1.29 is 14.6 Å². The van der Waals surface area contributed by atoms with Gasteiger partial charge in [0.2, 0.25) is 0 Å². The van der Waals surface area contributed by atoms with Crippen LogP contribution in [0.5, 0.6) is 5.75 Å². The molecule has 1 aliphatic rings. The van der Waals surface area contributed by atoms with Crippen LogP contribution in [0.3, 0.4) is 0 Å². The van der Waals surface area contributed by atoms with Gasteiger partial charge in [-0.2, -0.15) is 0 Å². The smallest absolute Gasteiger partial charge is 0.303 e. The molecule has 2 N–H and O–H groups in total. The Labute approximate surface area is 142 Å². The summed E-state index contributed by atoms with van der Waals surface area (Å²) in [5, 5.41) is 12.8. The third-order valence-electron chi connectivity index (χ3n) is 3.86. The van der Waals surface area contributed by atoms with Gasteiger partial charge in [0.1, 0.15) is 11.4 Å². The molecular formula is C18H24ClNO3. The number of carboxylic acid groups (broad SMARTS) is 1. The van der Waals surface area contributed by atoms with E-state index in [-0.39, 0.29) is 17.4 Å². The lowest BCUT2D eigenvalue weighted by Gasteiger charge is -2.25. The first-order valence-electron chi connectivity index (χ1n) is 7.65. The molecule has 126 valence electrons. The molecule has 0 radical (unpaired) electrons. The van der Waals surface area contributed by atoms with Crippen LogP contribution in [0.25, 0.3) is 5.70 Å². The number of ether oxygens (including phenoxy) is 1. The van der Waals surface area contributed by atoms with E-state index in [4.69, 9.17) is 21.4 Å². The van der Waals surface area contributed by atoms with Crippen molar-refractivity contribution in [3.63, 3.8) is 0 Å². The second-order valence-electron chi connectivity index (χ2n) is 7.55. The lowest BCUT2D eigenvalue weighted by molar-refractivity contribution is -0.139. The van der Waals surface area contributed by atoms with Crippen LogP contribution in [0.1, 0.15) is 45.2 Å². The molecule has 2 rings (SSSR count). The van der Waals surface area contributed by atoms with Gasteiger partial charge in [-0.1, -0.05) is 32.0 Å². The highest BCUT2D eigenvalue weighted by Crippen LogP contribution is 2.41. The number of carboxylic acids is 1. The van der Waals surface area contributed by atoms with Gasteiger partial charge in [0, 0.05) is 34.8 Å². The van der Waals surface area contributed by atoms with Crippen molar-refractivity contribution in [2.24, 2.45) is 5.41 Å². The number of nitrogens with one attached hydrogen (secondary N) is 1. The zero-order valence-corrected chi connectivity index (χ0v) is 14.9. The Morgan fingerprint density at radius 2 is 2.13 bits per heavy atom. The van der Waals surface area contributed by atoms with E-state index in [1.54, 1.807) is 0 Å². The van der Waals surface area contributed by atoms with Crippen LogP contribution in [0.15, 0.2) is 18.7 Å². The third kappa shape index (κ3) is 4.41. The van der Waals surface area contributed by atoms with Gasteiger partial charge in [-0.05, 0) is 31.4 Å². The molecule has 0 saturated carbocycles. The number of hydrogen-bond acceptors (Lipinski definition) is 3. The Kier molecular flexibility index (Phi) is 4.67. The Hall–Kier alpha value is -1.68. The van der Waals surface area contributed by atoms with E-state index < -0.39 is 5.97 Å². The summed E-state index contributed by atoms with van der Waals surface area (Å²) in [7, 11) is 0. The van der Waals surface area contributed by atoms with Gasteiger partial charge in [-0.15, -0.1) is 0 Å². The van der Waals surface area contributed by atoms with Crippen LogP contribution in [0.2, 0.25) is 5.02 Å². The number of carbonyl (C=O) groups is 1. The number of hydrogen-bond donors (Lipinski definition) is 2. The van der Waals surface area contributed by atoms with Crippen molar-refractivity contribution in [1.82, 2.24) is 5.32 Å². The molecule has 0 fully saturated rings. The van der Waals surface area contributed by atoms with Crippen molar-refractivity contribution >= 4 is 23.3 Å². The van der Waals surface area contributed by atoms with Crippen molar-refractivity contribution in [1.29, 1.82) is 0 Å². The molecule has 0 saturated heterocycles. The third-order valence-corrected chi connectivity index (χ3v) is 4.08. The molecule has 0 bridgehead atoms. The van der Waals surface area contributed by atoms with E-state index in [2.05, 4.69) is 11.9 Å². The fourth-order valence-electron chi connectivity index (χ4n) is 2.81. The molecule has 0 atom stereocenters. The molecule has 23 heavy (non-hydrogen) atoms. The summed E-state index contributed by atoms with van der Waals surface area (Å²) in [6, 6.07) is 3.76. The molecule has 1 aromatic carbocycles. The summed E-state index contributed by atoms with van der Waals surface area (Å²) >= 11 is 6.22. The average Bonchev–Trinajstić information content (AvgIpc) is 2.67. The van der Waals surface area contributed by atoms with Gasteiger partial charge in [0.15, 0.2) is 0 Å². The minimum absolute atomic E-state index is 0.0878. The summed E-state index contributed by atoms with van der Waals surface area (Å²) in [5.41, 5.74) is 1.97. The van der Waals surface area contributed by atoms with Gasteiger partial charge < -0.3 is 15.2 Å². The van der Waals surface area contributed by atoms with Crippen LogP contribution < -0.4 is 10.1 Å². The molecule has 0 unspecified atom stereocenters. The number of aliphatic carboxylic acids is 1. The predicted molar refractivity (Wildman–Crippen MR) is 92.9 cm³/mol. The first kappa shape index (κ1) is 17.7. The fourth-order valence-corrected chi connectivity index (χ4v) is 3.05. The summed E-state index contributed by atoms with van der Waals surface area (Å²) in [4.78, 5) is 10.9. The summed E-state index contributed by atoms with van der Waals surface area (Å²) in [6.45, 7) is 12.5. The molecule has 1 heterocycles. The quantitative estimate of drug-likeness (QED) is 0.820. The van der Waals surface area contributed by atoms with E-state index in [9.17, 15) is 4.79 Å².